The van der Waals surface area contributed by atoms with Crippen LogP contribution in [-0.4, -0.2) is 32.1 Å². The lowest BCUT2D eigenvalue weighted by Gasteiger charge is -2.27. The van der Waals surface area contributed by atoms with Crippen LogP contribution in [0, 0.1) is 10.1 Å². The van der Waals surface area contributed by atoms with Crippen LogP contribution in [0.5, 0.6) is 0 Å². The Hall–Kier alpha value is -1.93. The summed E-state index contributed by atoms with van der Waals surface area (Å²) < 4.78 is 0. The second-order valence-electron chi connectivity index (χ2n) is 4.20. The number of aromatic amines is 1. The van der Waals surface area contributed by atoms with E-state index in [-0.39, 0.29) is 12.3 Å². The summed E-state index contributed by atoms with van der Waals surface area (Å²) in [7, 11) is -1.50. The predicted octanol–water partition coefficient (Wildman–Crippen LogP) is 0.545. The van der Waals surface area contributed by atoms with Crippen LogP contribution in [0.3, 0.4) is 0 Å². The van der Waals surface area contributed by atoms with Gasteiger partial charge in [0.15, 0.2) is 5.69 Å². The zero-order valence-corrected chi connectivity index (χ0v) is 9.48. The van der Waals surface area contributed by atoms with Crippen molar-refractivity contribution in [1.29, 1.82) is 0 Å². The fraction of sp³-hybridized carbons (Fsp3) is 0.300. The van der Waals surface area contributed by atoms with Crippen LogP contribution in [0.4, 0.5) is 5.95 Å². The molecule has 0 saturated carbocycles. The Balaban J connectivity index is 2.36. The van der Waals surface area contributed by atoms with Gasteiger partial charge in [0.05, 0.1) is 5.41 Å². The average molecular weight is 249 g/mol. The third-order valence-electron chi connectivity index (χ3n) is 2.94. The summed E-state index contributed by atoms with van der Waals surface area (Å²) in [6.45, 7) is 0. The topological polar surface area (TPSA) is 112 Å². The standard InChI is InChI=1S/C10H12BN3O4/c15-11(16)7-10(4-2-1-3-5-10)8-6-12-9(13-8)14(17)18/h1-4,6,15-16H,5,7H2,(H,12,13). The lowest BCUT2D eigenvalue weighted by Crippen LogP contribution is -2.31. The average Bonchev–Trinajstić information content (AvgIpc) is 2.79. The maximum atomic E-state index is 10.6. The number of H-pyrrole nitrogens is 1. The van der Waals surface area contributed by atoms with Crippen molar-refractivity contribution in [3.63, 3.8) is 0 Å². The molecule has 1 heterocycles. The van der Waals surface area contributed by atoms with Crippen LogP contribution in [0.15, 0.2) is 30.5 Å². The molecular formula is C10H12BN3O4. The Morgan fingerprint density at radius 2 is 2.33 bits per heavy atom. The van der Waals surface area contributed by atoms with Crippen molar-refractivity contribution in [1.82, 2.24) is 9.97 Å². The van der Waals surface area contributed by atoms with Gasteiger partial charge in [-0.3, -0.25) is 0 Å². The van der Waals surface area contributed by atoms with Gasteiger partial charge in [0.2, 0.25) is 0 Å². The molecule has 0 bridgehead atoms. The van der Waals surface area contributed by atoms with Crippen LogP contribution < -0.4 is 0 Å². The van der Waals surface area contributed by atoms with Crippen LogP contribution in [0.25, 0.3) is 0 Å². The molecule has 8 heteroatoms. The number of hydrogen-bond acceptors (Lipinski definition) is 5. The van der Waals surface area contributed by atoms with Gasteiger partial charge in [0, 0.05) is 0 Å². The lowest BCUT2D eigenvalue weighted by molar-refractivity contribution is -0.393. The Bertz CT molecular complexity index is 511. The van der Waals surface area contributed by atoms with Crippen LogP contribution in [0.1, 0.15) is 12.1 Å². The SMILES string of the molecule is O=[N+]([O-])c1nc(C2(CB(O)O)C=CC=CC2)c[nH]1. The first-order valence-corrected chi connectivity index (χ1v) is 5.44. The van der Waals surface area contributed by atoms with Gasteiger partial charge in [0.1, 0.15) is 6.20 Å². The molecule has 0 spiro atoms. The van der Waals surface area contributed by atoms with Crippen molar-refractivity contribution in [2.75, 3.05) is 0 Å². The summed E-state index contributed by atoms with van der Waals surface area (Å²) in [6.07, 6.45) is 9.24. The molecule has 0 radical (unpaired) electrons. The quantitative estimate of drug-likeness (QED) is 0.409. The Labute approximate surface area is 103 Å². The van der Waals surface area contributed by atoms with E-state index in [4.69, 9.17) is 0 Å². The number of rotatable bonds is 4. The number of hydrogen-bond donors (Lipinski definition) is 3. The van der Waals surface area contributed by atoms with Gasteiger partial charge < -0.3 is 20.2 Å². The summed E-state index contributed by atoms with van der Waals surface area (Å²) in [5.41, 5.74) is -0.281. The maximum Gasteiger partial charge on any atom is 0.452 e. The van der Waals surface area contributed by atoms with Crippen molar-refractivity contribution in [3.8, 4) is 0 Å². The smallest absolute Gasteiger partial charge is 0.427 e. The summed E-state index contributed by atoms with van der Waals surface area (Å²) in [4.78, 5) is 16.4. The van der Waals surface area contributed by atoms with Gasteiger partial charge in [-0.2, -0.15) is 0 Å². The zero-order valence-electron chi connectivity index (χ0n) is 9.48. The molecule has 2 rings (SSSR count). The van der Waals surface area contributed by atoms with Crippen molar-refractivity contribution < 1.29 is 15.0 Å². The fourth-order valence-corrected chi connectivity index (χ4v) is 2.10. The fourth-order valence-electron chi connectivity index (χ4n) is 2.10. The molecule has 0 amide bonds. The Morgan fingerprint density at radius 3 is 2.83 bits per heavy atom. The molecule has 1 aromatic rings. The van der Waals surface area contributed by atoms with Crippen molar-refractivity contribution in [3.05, 3.63) is 46.3 Å². The normalized spacial score (nSPS) is 22.1. The monoisotopic (exact) mass is 249 g/mol. The lowest BCUT2D eigenvalue weighted by atomic mass is 9.64. The highest BCUT2D eigenvalue weighted by Crippen LogP contribution is 2.36. The van der Waals surface area contributed by atoms with E-state index in [1.807, 2.05) is 12.2 Å². The molecule has 1 atom stereocenters. The molecule has 0 aromatic carbocycles. The highest BCUT2D eigenvalue weighted by atomic mass is 16.6. The van der Waals surface area contributed by atoms with E-state index < -0.39 is 17.5 Å². The molecule has 1 aliphatic rings. The number of nitrogens with one attached hydrogen (secondary N) is 1. The van der Waals surface area contributed by atoms with E-state index in [1.165, 1.54) is 6.20 Å². The molecule has 3 N–H and O–H groups in total. The highest BCUT2D eigenvalue weighted by molar-refractivity contribution is 6.41. The van der Waals surface area contributed by atoms with Gasteiger partial charge in [-0.1, -0.05) is 29.3 Å². The molecule has 0 saturated heterocycles. The number of imidazole rings is 1. The molecule has 0 aliphatic heterocycles. The molecule has 1 aliphatic carbocycles. The van der Waals surface area contributed by atoms with Gasteiger partial charge in [0.25, 0.3) is 0 Å². The molecule has 1 aromatic heterocycles. The Morgan fingerprint density at radius 1 is 1.56 bits per heavy atom. The summed E-state index contributed by atoms with van der Waals surface area (Å²) in [5, 5.41) is 29.0. The molecule has 7 nitrogen and oxygen atoms in total. The van der Waals surface area contributed by atoms with Crippen molar-refractivity contribution in [2.45, 2.75) is 18.2 Å². The van der Waals surface area contributed by atoms with E-state index in [2.05, 4.69) is 9.97 Å². The number of allylic oxidation sites excluding steroid dienone is 4. The first-order chi connectivity index (χ1) is 8.53. The summed E-state index contributed by atoms with van der Waals surface area (Å²) in [5.74, 6) is -0.347. The second-order valence-corrected chi connectivity index (χ2v) is 4.20. The van der Waals surface area contributed by atoms with Crippen LogP contribution in [0.2, 0.25) is 6.32 Å². The summed E-state index contributed by atoms with van der Waals surface area (Å²) in [6, 6.07) is 0. The third-order valence-corrected chi connectivity index (χ3v) is 2.94. The minimum atomic E-state index is -1.50. The predicted molar refractivity (Wildman–Crippen MR) is 64.8 cm³/mol. The molecule has 18 heavy (non-hydrogen) atoms. The van der Waals surface area contributed by atoms with Gasteiger partial charge in [-0.25, -0.2) is 4.98 Å². The minimum absolute atomic E-state index is 0.0375. The molecule has 0 fully saturated rings. The van der Waals surface area contributed by atoms with Gasteiger partial charge >= 0.3 is 13.1 Å². The first kappa shape index (κ1) is 12.5. The van der Waals surface area contributed by atoms with E-state index >= 15 is 0 Å². The number of nitro groups is 1. The van der Waals surface area contributed by atoms with E-state index in [9.17, 15) is 20.2 Å². The van der Waals surface area contributed by atoms with E-state index in [0.717, 1.165) is 0 Å². The van der Waals surface area contributed by atoms with E-state index in [1.54, 1.807) is 12.2 Å². The van der Waals surface area contributed by atoms with Gasteiger partial charge in [-0.05, 0) is 17.7 Å². The second kappa shape index (κ2) is 4.75. The van der Waals surface area contributed by atoms with Crippen LogP contribution in [-0.2, 0) is 5.41 Å². The molecule has 94 valence electrons. The summed E-state index contributed by atoms with van der Waals surface area (Å²) >= 11 is 0. The van der Waals surface area contributed by atoms with Crippen LogP contribution >= 0.6 is 0 Å². The largest absolute Gasteiger partial charge is 0.452 e. The maximum absolute atomic E-state index is 10.6. The first-order valence-electron chi connectivity index (χ1n) is 5.44. The highest BCUT2D eigenvalue weighted by Gasteiger charge is 2.39. The number of aromatic nitrogens is 2. The number of nitrogens with zero attached hydrogens (tertiary/aromatic N) is 2. The zero-order chi connectivity index (χ0) is 13.2. The molecule has 1 unspecified atom stereocenters. The van der Waals surface area contributed by atoms with Crippen molar-refractivity contribution >= 4 is 13.1 Å². The Kier molecular flexibility index (Phi) is 3.31. The third kappa shape index (κ3) is 2.34. The van der Waals surface area contributed by atoms with Crippen molar-refractivity contribution in [2.24, 2.45) is 0 Å². The van der Waals surface area contributed by atoms with E-state index in [0.29, 0.717) is 12.1 Å². The minimum Gasteiger partial charge on any atom is -0.427 e. The van der Waals surface area contributed by atoms with Gasteiger partial charge in [-0.15, -0.1) is 0 Å². The molecular weight excluding hydrogens is 237 g/mol.